The summed E-state index contributed by atoms with van der Waals surface area (Å²) in [4.78, 5) is 27.6. The van der Waals surface area contributed by atoms with Crippen LogP contribution in [0.25, 0.3) is 0 Å². The van der Waals surface area contributed by atoms with Gasteiger partial charge in [-0.1, -0.05) is 0 Å². The van der Waals surface area contributed by atoms with Crippen molar-refractivity contribution in [3.63, 3.8) is 0 Å². The van der Waals surface area contributed by atoms with E-state index in [9.17, 15) is 0 Å². The summed E-state index contributed by atoms with van der Waals surface area (Å²) in [6.45, 7) is 5.85. The minimum absolute atomic E-state index is 0.474. The highest BCUT2D eigenvalue weighted by molar-refractivity contribution is 6.64. The fourth-order valence-corrected chi connectivity index (χ4v) is 2.54. The highest BCUT2D eigenvalue weighted by Crippen LogP contribution is 2.24. The van der Waals surface area contributed by atoms with Crippen LogP contribution in [0.1, 0.15) is 6.92 Å². The van der Waals surface area contributed by atoms with Crippen LogP contribution in [0.15, 0.2) is 0 Å². The summed E-state index contributed by atoms with van der Waals surface area (Å²) in [5, 5.41) is 0. The fraction of sp³-hybridized carbons (Fsp3) is 1.00. The first-order chi connectivity index (χ1) is 7.95. The molecule has 0 spiro atoms. The van der Waals surface area contributed by atoms with Gasteiger partial charge >= 0.3 is 14.7 Å². The summed E-state index contributed by atoms with van der Waals surface area (Å²) in [6.07, 6.45) is -2.09. The van der Waals surface area contributed by atoms with Gasteiger partial charge in [0.25, 0.3) is 0 Å². The van der Waals surface area contributed by atoms with Crippen LogP contribution in [0.2, 0.25) is 13.1 Å². The van der Waals surface area contributed by atoms with E-state index in [4.69, 9.17) is 23.5 Å². The lowest BCUT2D eigenvalue weighted by molar-refractivity contribution is -0.676. The Hall–Kier alpha value is -0.103. The molecule has 0 radical (unpaired) electrons. The van der Waals surface area contributed by atoms with Gasteiger partial charge in [-0.2, -0.15) is 0 Å². The van der Waals surface area contributed by atoms with Crippen molar-refractivity contribution < 1.29 is 38.2 Å². The van der Waals surface area contributed by atoms with Crippen molar-refractivity contribution in [3.05, 3.63) is 0 Å². The summed E-state index contributed by atoms with van der Waals surface area (Å²) in [5.41, 5.74) is 0. The molecule has 0 saturated heterocycles. The van der Waals surface area contributed by atoms with E-state index < -0.39 is 14.7 Å². The predicted molar refractivity (Wildman–Crippen MR) is 57.2 cm³/mol. The largest absolute Gasteiger partial charge is 0.485 e. The van der Waals surface area contributed by atoms with Gasteiger partial charge in [0.15, 0.2) is 0 Å². The Labute approximate surface area is 102 Å². The Morgan fingerprint density at radius 1 is 0.882 bits per heavy atom. The Balaban J connectivity index is 4.74. The second-order valence-corrected chi connectivity index (χ2v) is 6.48. The maximum absolute atomic E-state index is 5.46. The molecule has 0 aliphatic carbocycles. The molecule has 0 aliphatic heterocycles. The highest BCUT2D eigenvalue weighted by atomic mass is 28.4. The van der Waals surface area contributed by atoms with Crippen molar-refractivity contribution in [2.75, 3.05) is 27.9 Å². The summed E-state index contributed by atoms with van der Waals surface area (Å²) in [7, 11) is 1.20. The smallest absolute Gasteiger partial charge is 0.395 e. The van der Waals surface area contributed by atoms with E-state index >= 15 is 0 Å². The van der Waals surface area contributed by atoms with Gasteiger partial charge in [-0.05, 0) is 20.0 Å². The Bertz CT molecular complexity index is 183. The van der Waals surface area contributed by atoms with Crippen LogP contribution in [-0.4, -0.2) is 42.7 Å². The molecule has 0 aliphatic rings. The van der Waals surface area contributed by atoms with Crippen LogP contribution >= 0.6 is 0 Å². The first kappa shape index (κ1) is 16.9. The zero-order valence-electron chi connectivity index (χ0n) is 11.0. The minimum Gasteiger partial charge on any atom is -0.395 e. The SMILES string of the molecule is CCO[Si](C)(C)OC(OOC)(OOC)OOC. The Kier molecular flexibility index (Phi) is 8.03. The molecule has 0 heterocycles. The monoisotopic (exact) mass is 272 g/mol. The Morgan fingerprint density at radius 2 is 1.29 bits per heavy atom. The molecule has 0 aromatic heterocycles. The van der Waals surface area contributed by atoms with E-state index in [1.807, 2.05) is 6.92 Å². The van der Waals surface area contributed by atoms with Gasteiger partial charge in [-0.15, -0.1) is 14.7 Å². The van der Waals surface area contributed by atoms with Crippen LogP contribution in [0.5, 0.6) is 0 Å². The van der Waals surface area contributed by atoms with Crippen LogP contribution < -0.4 is 0 Å². The van der Waals surface area contributed by atoms with Crippen molar-refractivity contribution >= 4 is 8.56 Å². The molecule has 0 amide bonds. The maximum Gasteiger partial charge on any atom is 0.485 e. The quantitative estimate of drug-likeness (QED) is 0.253. The van der Waals surface area contributed by atoms with Crippen LogP contribution in [-0.2, 0) is 38.2 Å². The van der Waals surface area contributed by atoms with Gasteiger partial charge in [0.1, 0.15) is 0 Å². The second kappa shape index (κ2) is 8.08. The zero-order valence-corrected chi connectivity index (χ0v) is 12.0. The summed E-state index contributed by atoms with van der Waals surface area (Å²) < 4.78 is 10.9. The normalized spacial score (nSPS) is 13.1. The minimum atomic E-state index is -2.57. The number of hydrogen-bond acceptors (Lipinski definition) is 8. The van der Waals surface area contributed by atoms with Crippen LogP contribution in [0.3, 0.4) is 0 Å². The molecular weight excluding hydrogens is 252 g/mol. The summed E-state index contributed by atoms with van der Waals surface area (Å²) in [5.74, 6) is 0. The van der Waals surface area contributed by atoms with E-state index in [2.05, 4.69) is 14.7 Å². The second-order valence-electron chi connectivity index (χ2n) is 3.18. The molecular formula is C8H20O8Si. The van der Waals surface area contributed by atoms with Crippen LogP contribution in [0, 0.1) is 0 Å². The van der Waals surface area contributed by atoms with Gasteiger partial charge in [-0.3, -0.25) is 0 Å². The highest BCUT2D eigenvalue weighted by Gasteiger charge is 2.47. The average Bonchev–Trinajstić information content (AvgIpc) is 2.17. The lowest BCUT2D eigenvalue weighted by atomic mass is 10.9. The summed E-state index contributed by atoms with van der Waals surface area (Å²) in [6, 6.07) is 0. The number of hydrogen-bond donors (Lipinski definition) is 0. The third-order valence-electron chi connectivity index (χ3n) is 1.42. The molecule has 9 heteroatoms. The van der Waals surface area contributed by atoms with Gasteiger partial charge in [0.2, 0.25) is 0 Å². The molecule has 0 unspecified atom stereocenters. The van der Waals surface area contributed by atoms with E-state index in [-0.39, 0.29) is 0 Å². The molecule has 0 aromatic carbocycles. The molecule has 8 nitrogen and oxygen atoms in total. The third kappa shape index (κ3) is 6.40. The maximum atomic E-state index is 5.46. The topological polar surface area (TPSA) is 73.8 Å². The molecule has 0 atom stereocenters. The fourth-order valence-electron chi connectivity index (χ4n) is 1.08. The van der Waals surface area contributed by atoms with Gasteiger partial charge in [-0.25, -0.2) is 14.7 Å². The van der Waals surface area contributed by atoms with Crippen molar-refractivity contribution in [2.45, 2.75) is 26.2 Å². The van der Waals surface area contributed by atoms with E-state index in [1.165, 1.54) is 21.3 Å². The lowest BCUT2D eigenvalue weighted by Gasteiger charge is -2.32. The molecule has 0 aromatic rings. The van der Waals surface area contributed by atoms with Gasteiger partial charge in [0.05, 0.1) is 21.3 Å². The van der Waals surface area contributed by atoms with E-state index in [0.717, 1.165) is 0 Å². The molecule has 17 heavy (non-hydrogen) atoms. The molecule has 104 valence electrons. The van der Waals surface area contributed by atoms with Crippen molar-refractivity contribution in [1.82, 2.24) is 0 Å². The molecule has 0 saturated carbocycles. The molecule has 0 fully saturated rings. The molecule has 0 N–H and O–H groups in total. The first-order valence-electron chi connectivity index (χ1n) is 4.95. The number of rotatable bonds is 10. The van der Waals surface area contributed by atoms with E-state index in [1.54, 1.807) is 13.1 Å². The average molecular weight is 272 g/mol. The van der Waals surface area contributed by atoms with Gasteiger partial charge < -0.3 is 8.85 Å². The Morgan fingerprint density at radius 3 is 1.59 bits per heavy atom. The third-order valence-corrected chi connectivity index (χ3v) is 3.14. The van der Waals surface area contributed by atoms with Crippen molar-refractivity contribution in [1.29, 1.82) is 0 Å². The summed E-state index contributed by atoms with van der Waals surface area (Å²) >= 11 is 0. The predicted octanol–water partition coefficient (Wildman–Crippen LogP) is 1.09. The van der Waals surface area contributed by atoms with Crippen molar-refractivity contribution in [3.8, 4) is 0 Å². The van der Waals surface area contributed by atoms with Crippen LogP contribution in [0.4, 0.5) is 0 Å². The lowest BCUT2D eigenvalue weighted by Crippen LogP contribution is -2.51. The van der Waals surface area contributed by atoms with Gasteiger partial charge in [0, 0.05) is 6.61 Å². The first-order valence-corrected chi connectivity index (χ1v) is 7.76. The molecule has 0 bridgehead atoms. The molecule has 0 rings (SSSR count). The standard InChI is InChI=1S/C8H20O8Si/c1-7-12-17(5,6)16-8(13-9-2,14-10-3)15-11-4/h7H2,1-6H3. The van der Waals surface area contributed by atoms with Crippen molar-refractivity contribution in [2.24, 2.45) is 0 Å². The van der Waals surface area contributed by atoms with E-state index in [0.29, 0.717) is 6.61 Å². The zero-order chi connectivity index (χ0) is 13.4.